The summed E-state index contributed by atoms with van der Waals surface area (Å²) in [6.07, 6.45) is 1.48. The molecule has 110 valence electrons. The molecule has 1 heterocycles. The van der Waals surface area contributed by atoms with Crippen molar-refractivity contribution >= 4 is 27.7 Å². The van der Waals surface area contributed by atoms with Crippen LogP contribution in [0.4, 0.5) is 0 Å². The fourth-order valence-corrected chi connectivity index (χ4v) is 3.40. The Balaban J connectivity index is 2.49. The number of rotatable bonds is 3. The molecule has 4 nitrogen and oxygen atoms in total. The monoisotopic (exact) mass is 311 g/mol. The lowest BCUT2D eigenvalue weighted by atomic mass is 10.0. The Labute approximate surface area is 129 Å². The molecule has 0 radical (unpaired) electrons. The summed E-state index contributed by atoms with van der Waals surface area (Å²) in [7, 11) is -1.47. The van der Waals surface area contributed by atoms with E-state index in [0.717, 1.165) is 5.56 Å². The van der Waals surface area contributed by atoms with Gasteiger partial charge in [-0.25, -0.2) is 9.78 Å². The molecule has 0 bridgehead atoms. The lowest BCUT2D eigenvalue weighted by Gasteiger charge is -2.13. The number of hydrogen-bond acceptors (Lipinski definition) is 3. The smallest absolute Gasteiger partial charge is 0.337 e. The molecule has 3 rings (SSSR count). The van der Waals surface area contributed by atoms with E-state index in [9.17, 15) is 14.1 Å². The second-order valence-corrected chi connectivity index (χ2v) is 6.12. The number of aromatic nitrogens is 1. The van der Waals surface area contributed by atoms with Gasteiger partial charge in [0.15, 0.2) is 0 Å². The van der Waals surface area contributed by atoms with Crippen molar-refractivity contribution in [2.24, 2.45) is 0 Å². The summed E-state index contributed by atoms with van der Waals surface area (Å²) in [5.74, 6) is -1.10. The number of carbonyl (C=O) groups is 1. The topological polar surface area (TPSA) is 67.3 Å². The first-order chi connectivity index (χ1) is 10.6. The number of hydrogen-bond donors (Lipinski definition) is 1. The number of aromatic carboxylic acids is 1. The SMILES string of the molecule is CS(=O)c1c(-c2ccccc2)nc2ccccc2c1C(=O)O. The largest absolute Gasteiger partial charge is 0.478 e. The molecule has 22 heavy (non-hydrogen) atoms. The molecule has 1 N–H and O–H groups in total. The van der Waals surface area contributed by atoms with Crippen LogP contribution >= 0.6 is 0 Å². The van der Waals surface area contributed by atoms with Crippen molar-refractivity contribution < 1.29 is 14.1 Å². The van der Waals surface area contributed by atoms with Gasteiger partial charge >= 0.3 is 5.97 Å². The summed E-state index contributed by atoms with van der Waals surface area (Å²) < 4.78 is 12.2. The number of para-hydroxylation sites is 1. The fraction of sp³-hybridized carbons (Fsp3) is 0.0588. The molecule has 0 aliphatic carbocycles. The van der Waals surface area contributed by atoms with Gasteiger partial charge in [0, 0.05) is 17.2 Å². The standard InChI is InChI=1S/C17H13NO3S/c1-22(21)16-14(17(19)20)12-9-5-6-10-13(12)18-15(16)11-7-3-2-4-8-11/h2-10H,1H3,(H,19,20). The highest BCUT2D eigenvalue weighted by molar-refractivity contribution is 7.84. The molecule has 5 heteroatoms. The molecule has 1 atom stereocenters. The third-order valence-electron chi connectivity index (χ3n) is 3.40. The average molecular weight is 311 g/mol. The van der Waals surface area contributed by atoms with Crippen LogP contribution < -0.4 is 0 Å². The third kappa shape index (κ3) is 2.40. The highest BCUT2D eigenvalue weighted by Crippen LogP contribution is 2.32. The van der Waals surface area contributed by atoms with Gasteiger partial charge in [0.25, 0.3) is 0 Å². The molecular formula is C17H13NO3S. The van der Waals surface area contributed by atoms with Crippen LogP contribution in [0, 0.1) is 0 Å². The number of pyridine rings is 1. The van der Waals surface area contributed by atoms with Crippen molar-refractivity contribution in [1.29, 1.82) is 0 Å². The van der Waals surface area contributed by atoms with Crippen molar-refractivity contribution in [3.63, 3.8) is 0 Å². The van der Waals surface area contributed by atoms with E-state index in [4.69, 9.17) is 0 Å². The second kappa shape index (κ2) is 5.69. The lowest BCUT2D eigenvalue weighted by Crippen LogP contribution is -2.08. The van der Waals surface area contributed by atoms with Crippen molar-refractivity contribution in [1.82, 2.24) is 4.98 Å². The maximum atomic E-state index is 12.2. The van der Waals surface area contributed by atoms with Crippen LogP contribution in [-0.2, 0) is 10.8 Å². The van der Waals surface area contributed by atoms with Gasteiger partial charge < -0.3 is 5.11 Å². The Morgan fingerprint density at radius 2 is 1.68 bits per heavy atom. The van der Waals surface area contributed by atoms with Gasteiger partial charge in [0.1, 0.15) is 0 Å². The van der Waals surface area contributed by atoms with Crippen molar-refractivity contribution in [2.75, 3.05) is 6.26 Å². The van der Waals surface area contributed by atoms with E-state index < -0.39 is 16.8 Å². The van der Waals surface area contributed by atoms with Gasteiger partial charge in [0.05, 0.1) is 32.5 Å². The Kier molecular flexibility index (Phi) is 3.73. The molecule has 3 aromatic rings. The molecular weight excluding hydrogens is 298 g/mol. The van der Waals surface area contributed by atoms with Crippen LogP contribution in [-0.4, -0.2) is 26.5 Å². The number of carboxylic acids is 1. The minimum absolute atomic E-state index is 0.0605. The Morgan fingerprint density at radius 3 is 2.32 bits per heavy atom. The van der Waals surface area contributed by atoms with Crippen LogP contribution in [0.2, 0.25) is 0 Å². The fourth-order valence-electron chi connectivity index (χ4n) is 2.48. The van der Waals surface area contributed by atoms with Crippen LogP contribution in [0.5, 0.6) is 0 Å². The Bertz CT molecular complexity index is 891. The zero-order valence-corrected chi connectivity index (χ0v) is 12.6. The summed E-state index contributed by atoms with van der Waals surface area (Å²) in [5.41, 5.74) is 1.84. The minimum Gasteiger partial charge on any atom is -0.478 e. The van der Waals surface area contributed by atoms with E-state index >= 15 is 0 Å². The van der Waals surface area contributed by atoms with Crippen molar-refractivity contribution in [3.05, 3.63) is 60.2 Å². The van der Waals surface area contributed by atoms with Crippen LogP contribution in [0.3, 0.4) is 0 Å². The second-order valence-electron chi connectivity index (χ2n) is 4.81. The van der Waals surface area contributed by atoms with Gasteiger partial charge in [-0.05, 0) is 6.07 Å². The molecule has 0 saturated carbocycles. The summed E-state index contributed by atoms with van der Waals surface area (Å²) >= 11 is 0. The normalized spacial score (nSPS) is 12.2. The summed E-state index contributed by atoms with van der Waals surface area (Å²) in [4.78, 5) is 16.6. The van der Waals surface area contributed by atoms with E-state index in [1.54, 1.807) is 24.3 Å². The van der Waals surface area contributed by atoms with E-state index in [0.29, 0.717) is 16.6 Å². The van der Waals surface area contributed by atoms with Gasteiger partial charge in [-0.1, -0.05) is 48.5 Å². The third-order valence-corrected chi connectivity index (χ3v) is 4.37. The highest BCUT2D eigenvalue weighted by atomic mass is 32.2. The molecule has 1 unspecified atom stereocenters. The lowest BCUT2D eigenvalue weighted by molar-refractivity contribution is 0.0695. The molecule has 0 aliphatic heterocycles. The first-order valence-corrected chi connectivity index (χ1v) is 8.20. The zero-order valence-electron chi connectivity index (χ0n) is 11.8. The molecule has 0 fully saturated rings. The van der Waals surface area contributed by atoms with E-state index in [1.165, 1.54) is 6.26 Å². The van der Waals surface area contributed by atoms with Gasteiger partial charge in [0.2, 0.25) is 0 Å². The maximum absolute atomic E-state index is 12.2. The van der Waals surface area contributed by atoms with Crippen LogP contribution in [0.25, 0.3) is 22.2 Å². The van der Waals surface area contributed by atoms with Crippen LogP contribution in [0.1, 0.15) is 10.4 Å². The Morgan fingerprint density at radius 1 is 1.05 bits per heavy atom. The molecule has 0 aliphatic rings. The molecule has 0 spiro atoms. The van der Waals surface area contributed by atoms with Gasteiger partial charge in [-0.3, -0.25) is 4.21 Å². The van der Waals surface area contributed by atoms with E-state index in [-0.39, 0.29) is 10.5 Å². The quantitative estimate of drug-likeness (QED) is 0.805. The molecule has 0 saturated heterocycles. The predicted molar refractivity (Wildman–Crippen MR) is 86.5 cm³/mol. The summed E-state index contributed by atoms with van der Waals surface area (Å²) in [6.45, 7) is 0. The van der Waals surface area contributed by atoms with Gasteiger partial charge in [-0.2, -0.15) is 0 Å². The zero-order chi connectivity index (χ0) is 15.7. The first-order valence-electron chi connectivity index (χ1n) is 6.64. The van der Waals surface area contributed by atoms with Crippen molar-refractivity contribution in [2.45, 2.75) is 4.90 Å². The predicted octanol–water partition coefficient (Wildman–Crippen LogP) is 3.34. The number of carboxylic acid groups (broad SMARTS) is 1. The number of fused-ring (bicyclic) bond motifs is 1. The average Bonchev–Trinajstić information content (AvgIpc) is 2.53. The van der Waals surface area contributed by atoms with E-state index in [1.807, 2.05) is 30.3 Å². The van der Waals surface area contributed by atoms with E-state index in [2.05, 4.69) is 4.98 Å². The molecule has 1 aromatic heterocycles. The molecule has 2 aromatic carbocycles. The van der Waals surface area contributed by atoms with Crippen molar-refractivity contribution in [3.8, 4) is 11.3 Å². The minimum atomic E-state index is -1.47. The summed E-state index contributed by atoms with van der Waals surface area (Å²) in [6, 6.07) is 16.2. The Hall–Kier alpha value is -2.53. The number of nitrogens with zero attached hydrogens (tertiary/aromatic N) is 1. The number of benzene rings is 2. The van der Waals surface area contributed by atoms with Crippen LogP contribution in [0.15, 0.2) is 59.5 Å². The summed E-state index contributed by atoms with van der Waals surface area (Å²) in [5, 5.41) is 10.1. The first kappa shape index (κ1) is 14.4. The highest BCUT2D eigenvalue weighted by Gasteiger charge is 2.23. The molecule has 0 amide bonds. The van der Waals surface area contributed by atoms with Gasteiger partial charge in [-0.15, -0.1) is 0 Å². The maximum Gasteiger partial charge on any atom is 0.337 e.